The lowest BCUT2D eigenvalue weighted by Gasteiger charge is -2.02. The van der Waals surface area contributed by atoms with Crippen LogP contribution in [-0.2, 0) is 16.0 Å². The smallest absolute Gasteiger partial charge is 0.316 e. The van der Waals surface area contributed by atoms with Crippen molar-refractivity contribution in [2.24, 2.45) is 5.92 Å². The summed E-state index contributed by atoms with van der Waals surface area (Å²) in [7, 11) is 1.28. The molecule has 2 rings (SSSR count). The third-order valence-electron chi connectivity index (χ3n) is 2.35. The van der Waals surface area contributed by atoms with Gasteiger partial charge in [-0.3, -0.25) is 14.6 Å². The van der Waals surface area contributed by atoms with Crippen molar-refractivity contribution in [3.05, 3.63) is 29.6 Å². The van der Waals surface area contributed by atoms with E-state index in [9.17, 15) is 9.59 Å². The molecule has 1 aromatic rings. The number of Topliss-reactive ketones (excluding diaryl/α,β-unsaturated/α-hetero) is 1. The Kier molecular flexibility index (Phi) is 2.04. The van der Waals surface area contributed by atoms with Gasteiger partial charge in [0.25, 0.3) is 0 Å². The summed E-state index contributed by atoms with van der Waals surface area (Å²) in [6.07, 6.45) is 1.96. The number of pyridine rings is 1. The third kappa shape index (κ3) is 1.19. The summed E-state index contributed by atoms with van der Waals surface area (Å²) in [5.41, 5.74) is 1.23. The number of esters is 1. The first-order chi connectivity index (χ1) is 6.74. The van der Waals surface area contributed by atoms with Crippen LogP contribution in [0.3, 0.4) is 0 Å². The molecule has 0 N–H and O–H groups in total. The predicted octanol–water partition coefficient (Wildman–Crippen LogP) is 0.610. The van der Waals surface area contributed by atoms with Crippen LogP contribution in [0, 0.1) is 5.92 Å². The number of methoxy groups -OCH3 is 1. The van der Waals surface area contributed by atoms with Crippen molar-refractivity contribution in [1.82, 2.24) is 4.98 Å². The normalized spacial score (nSPS) is 19.2. The Morgan fingerprint density at radius 3 is 3.07 bits per heavy atom. The van der Waals surface area contributed by atoms with E-state index >= 15 is 0 Å². The summed E-state index contributed by atoms with van der Waals surface area (Å²) in [5.74, 6) is -1.40. The van der Waals surface area contributed by atoms with Crippen LogP contribution in [0.25, 0.3) is 0 Å². The standard InChI is InChI=1S/C10H9NO3/c1-14-10(13)7-5-6-3-2-4-11-8(6)9(7)12/h2-4,7H,5H2,1H3. The molecule has 14 heavy (non-hydrogen) atoms. The van der Waals surface area contributed by atoms with Crippen LogP contribution in [0.15, 0.2) is 18.3 Å². The molecule has 4 nitrogen and oxygen atoms in total. The second kappa shape index (κ2) is 3.21. The van der Waals surface area contributed by atoms with Gasteiger partial charge in [0.1, 0.15) is 11.6 Å². The minimum Gasteiger partial charge on any atom is -0.468 e. The van der Waals surface area contributed by atoms with E-state index in [0.717, 1.165) is 5.56 Å². The average molecular weight is 191 g/mol. The molecule has 0 aliphatic heterocycles. The first-order valence-electron chi connectivity index (χ1n) is 4.30. The zero-order chi connectivity index (χ0) is 10.1. The molecule has 4 heteroatoms. The predicted molar refractivity (Wildman–Crippen MR) is 47.8 cm³/mol. The molecule has 0 bridgehead atoms. The van der Waals surface area contributed by atoms with Crippen LogP contribution in [0.4, 0.5) is 0 Å². The topological polar surface area (TPSA) is 56.3 Å². The molecule has 1 aromatic heterocycles. The maximum absolute atomic E-state index is 11.6. The van der Waals surface area contributed by atoms with Gasteiger partial charge in [-0.1, -0.05) is 6.07 Å². The molecular weight excluding hydrogens is 182 g/mol. The maximum Gasteiger partial charge on any atom is 0.316 e. The number of nitrogens with zero attached hydrogens (tertiary/aromatic N) is 1. The van der Waals surface area contributed by atoms with Crippen LogP contribution < -0.4 is 0 Å². The fourth-order valence-corrected chi connectivity index (χ4v) is 1.64. The Bertz CT molecular complexity index is 400. The van der Waals surface area contributed by atoms with E-state index in [0.29, 0.717) is 12.1 Å². The number of ether oxygens (including phenoxy) is 1. The number of hydrogen-bond donors (Lipinski definition) is 0. The lowest BCUT2D eigenvalue weighted by Crippen LogP contribution is -2.22. The molecule has 1 atom stereocenters. The second-order valence-electron chi connectivity index (χ2n) is 3.16. The molecule has 0 radical (unpaired) electrons. The van der Waals surface area contributed by atoms with E-state index in [2.05, 4.69) is 9.72 Å². The highest BCUT2D eigenvalue weighted by Crippen LogP contribution is 2.25. The summed E-state index contributed by atoms with van der Waals surface area (Å²) >= 11 is 0. The largest absolute Gasteiger partial charge is 0.468 e. The monoisotopic (exact) mass is 191 g/mol. The van der Waals surface area contributed by atoms with Gasteiger partial charge in [-0.25, -0.2) is 0 Å². The lowest BCUT2D eigenvalue weighted by atomic mass is 10.1. The van der Waals surface area contributed by atoms with Gasteiger partial charge in [0.05, 0.1) is 7.11 Å². The second-order valence-corrected chi connectivity index (χ2v) is 3.16. The van der Waals surface area contributed by atoms with E-state index < -0.39 is 11.9 Å². The van der Waals surface area contributed by atoms with E-state index in [1.54, 1.807) is 12.3 Å². The average Bonchev–Trinajstić information content (AvgIpc) is 2.56. The molecule has 0 saturated carbocycles. The quantitative estimate of drug-likeness (QED) is 0.482. The van der Waals surface area contributed by atoms with Crippen LogP contribution in [-0.4, -0.2) is 23.8 Å². The highest BCUT2D eigenvalue weighted by molar-refractivity contribution is 6.11. The van der Waals surface area contributed by atoms with Gasteiger partial charge in [-0.2, -0.15) is 0 Å². The van der Waals surface area contributed by atoms with Crippen molar-refractivity contribution in [2.45, 2.75) is 6.42 Å². The highest BCUT2D eigenvalue weighted by atomic mass is 16.5. The van der Waals surface area contributed by atoms with Crippen LogP contribution in [0.5, 0.6) is 0 Å². The van der Waals surface area contributed by atoms with Crippen molar-refractivity contribution in [3.63, 3.8) is 0 Å². The van der Waals surface area contributed by atoms with Crippen LogP contribution >= 0.6 is 0 Å². The molecule has 72 valence electrons. The van der Waals surface area contributed by atoms with Crippen molar-refractivity contribution in [1.29, 1.82) is 0 Å². The van der Waals surface area contributed by atoms with Gasteiger partial charge in [0, 0.05) is 6.20 Å². The van der Waals surface area contributed by atoms with E-state index in [4.69, 9.17) is 0 Å². The minimum atomic E-state index is -0.690. The summed E-state index contributed by atoms with van der Waals surface area (Å²) in [4.78, 5) is 26.8. The molecule has 1 aliphatic carbocycles. The molecule has 0 spiro atoms. The number of carbonyl (C=O) groups excluding carboxylic acids is 2. The molecule has 1 aliphatic rings. The van der Waals surface area contributed by atoms with Crippen molar-refractivity contribution >= 4 is 11.8 Å². The van der Waals surface area contributed by atoms with Crippen LogP contribution in [0.1, 0.15) is 16.1 Å². The number of rotatable bonds is 1. The molecule has 0 saturated heterocycles. The molecular formula is C10H9NO3. The fraction of sp³-hybridized carbons (Fsp3) is 0.300. The summed E-state index contributed by atoms with van der Waals surface area (Å²) in [6, 6.07) is 3.56. The Balaban J connectivity index is 2.35. The zero-order valence-electron chi connectivity index (χ0n) is 7.69. The van der Waals surface area contributed by atoms with Crippen molar-refractivity contribution in [3.8, 4) is 0 Å². The summed E-state index contributed by atoms with van der Waals surface area (Å²) in [5, 5.41) is 0. The van der Waals surface area contributed by atoms with Gasteiger partial charge >= 0.3 is 5.97 Å². The molecule has 0 aromatic carbocycles. The van der Waals surface area contributed by atoms with E-state index in [1.165, 1.54) is 7.11 Å². The molecule has 1 unspecified atom stereocenters. The first-order valence-corrected chi connectivity index (χ1v) is 4.30. The maximum atomic E-state index is 11.6. The van der Waals surface area contributed by atoms with Gasteiger partial charge in [0.2, 0.25) is 0 Å². The highest BCUT2D eigenvalue weighted by Gasteiger charge is 2.37. The molecule has 0 amide bonds. The lowest BCUT2D eigenvalue weighted by molar-refractivity contribution is -0.143. The van der Waals surface area contributed by atoms with Gasteiger partial charge < -0.3 is 4.74 Å². The third-order valence-corrected chi connectivity index (χ3v) is 2.35. The minimum absolute atomic E-state index is 0.229. The summed E-state index contributed by atoms with van der Waals surface area (Å²) in [6.45, 7) is 0. The van der Waals surface area contributed by atoms with Crippen molar-refractivity contribution in [2.75, 3.05) is 7.11 Å². The van der Waals surface area contributed by atoms with Crippen molar-refractivity contribution < 1.29 is 14.3 Å². The SMILES string of the molecule is COC(=O)C1Cc2cccnc2C1=O. The first kappa shape index (κ1) is 8.87. The summed E-state index contributed by atoms with van der Waals surface area (Å²) < 4.78 is 4.55. The molecule has 1 heterocycles. The number of fused-ring (bicyclic) bond motifs is 1. The van der Waals surface area contributed by atoms with Gasteiger partial charge in [0.15, 0.2) is 5.78 Å². The Labute approximate surface area is 80.9 Å². The van der Waals surface area contributed by atoms with E-state index in [1.807, 2.05) is 6.07 Å². The number of hydrogen-bond acceptors (Lipinski definition) is 4. The van der Waals surface area contributed by atoms with Gasteiger partial charge in [-0.05, 0) is 18.1 Å². The van der Waals surface area contributed by atoms with Gasteiger partial charge in [-0.15, -0.1) is 0 Å². The van der Waals surface area contributed by atoms with Crippen LogP contribution in [0.2, 0.25) is 0 Å². The van der Waals surface area contributed by atoms with E-state index in [-0.39, 0.29) is 5.78 Å². The Hall–Kier alpha value is -1.71. The zero-order valence-corrected chi connectivity index (χ0v) is 7.69. The fourth-order valence-electron chi connectivity index (χ4n) is 1.64. The molecule has 0 fully saturated rings. The number of carbonyl (C=O) groups is 2. The number of aromatic nitrogens is 1. The Morgan fingerprint density at radius 1 is 1.64 bits per heavy atom. The Morgan fingerprint density at radius 2 is 2.43 bits per heavy atom. The number of ketones is 1.